The number of carbonyl (C=O) groups excluding carboxylic acids is 1. The molecule has 1 amide bonds. The zero-order valence-corrected chi connectivity index (χ0v) is 21.2. The third-order valence-corrected chi connectivity index (χ3v) is 7.01. The van der Waals surface area contributed by atoms with E-state index in [1.54, 1.807) is 24.0 Å². The standard InChI is InChI=1S/C23H26F5N7O2S/c1-13-20(22(38-34-13)33-18-12-29-17(11-30-18)23(26,27)28)21(36)32-14-2-3-19(31-10-14)37-16-4-6-35(7-5-16)15(8-24)9-25/h2-3,10,12,15-17H,4-9,11H2,1H3,(H,30,33)(H,32,36). The molecule has 0 saturated carbocycles. The van der Waals surface area contributed by atoms with Crippen LogP contribution in [0.15, 0.2) is 28.3 Å². The van der Waals surface area contributed by atoms with Crippen LogP contribution < -0.4 is 15.4 Å². The van der Waals surface area contributed by atoms with Gasteiger partial charge in [0, 0.05) is 19.2 Å². The number of alkyl halides is 5. The Morgan fingerprint density at radius 1 is 1.24 bits per heavy atom. The molecule has 4 heterocycles. The largest absolute Gasteiger partial charge is 0.474 e. The van der Waals surface area contributed by atoms with E-state index in [4.69, 9.17) is 4.74 Å². The molecule has 2 N–H and O–H groups in total. The maximum absolute atomic E-state index is 13.0. The molecule has 4 rings (SSSR count). The number of nitrogens with one attached hydrogen (secondary N) is 2. The molecule has 1 saturated heterocycles. The predicted octanol–water partition coefficient (Wildman–Crippen LogP) is 4.08. The molecule has 2 aromatic rings. The maximum Gasteiger partial charge on any atom is 0.412 e. The molecule has 9 nitrogen and oxygen atoms in total. The van der Waals surface area contributed by atoms with Gasteiger partial charge in [0.15, 0.2) is 6.04 Å². The molecular formula is C23H26F5N7O2S. The Bertz CT molecular complexity index is 1160. The summed E-state index contributed by atoms with van der Waals surface area (Å²) in [5.74, 6) is -0.0306. The number of likely N-dealkylation sites (tertiary alicyclic amines) is 1. The van der Waals surface area contributed by atoms with E-state index >= 15 is 0 Å². The number of amidine groups is 1. The number of hydrogen-bond acceptors (Lipinski definition) is 9. The second kappa shape index (κ2) is 12.1. The van der Waals surface area contributed by atoms with Crippen LogP contribution in [-0.4, -0.2) is 89.6 Å². The van der Waals surface area contributed by atoms with Crippen molar-refractivity contribution >= 4 is 40.2 Å². The van der Waals surface area contributed by atoms with Crippen molar-refractivity contribution in [2.45, 2.75) is 44.1 Å². The number of pyridine rings is 1. The fourth-order valence-electron chi connectivity index (χ4n) is 4.02. The first kappa shape index (κ1) is 27.8. The Hall–Kier alpha value is -3.20. The van der Waals surface area contributed by atoms with Gasteiger partial charge >= 0.3 is 6.18 Å². The van der Waals surface area contributed by atoms with E-state index in [2.05, 4.69) is 30.0 Å². The van der Waals surface area contributed by atoms with Crippen molar-refractivity contribution in [3.63, 3.8) is 0 Å². The number of hydrogen-bond donors (Lipinski definition) is 2. The summed E-state index contributed by atoms with van der Waals surface area (Å²) in [5.41, 5.74) is 1.04. The number of anilines is 2. The van der Waals surface area contributed by atoms with Crippen molar-refractivity contribution < 1.29 is 31.5 Å². The summed E-state index contributed by atoms with van der Waals surface area (Å²) in [5, 5.41) is 5.87. The van der Waals surface area contributed by atoms with Crippen molar-refractivity contribution in [1.82, 2.24) is 14.3 Å². The summed E-state index contributed by atoms with van der Waals surface area (Å²) in [6.07, 6.45) is -0.953. The topological polar surface area (TPSA) is 104 Å². The minimum Gasteiger partial charge on any atom is -0.474 e. The number of halogens is 5. The van der Waals surface area contributed by atoms with Crippen molar-refractivity contribution in [2.24, 2.45) is 9.98 Å². The van der Waals surface area contributed by atoms with Crippen LogP contribution in [0.25, 0.3) is 0 Å². The van der Waals surface area contributed by atoms with Gasteiger partial charge in [-0.25, -0.2) is 13.8 Å². The summed E-state index contributed by atoms with van der Waals surface area (Å²) in [6, 6.07) is 0.632. The molecule has 2 aromatic heterocycles. The lowest BCUT2D eigenvalue weighted by atomic mass is 10.1. The van der Waals surface area contributed by atoms with Crippen molar-refractivity contribution in [3.05, 3.63) is 29.6 Å². The minimum absolute atomic E-state index is 0.0992. The van der Waals surface area contributed by atoms with Gasteiger partial charge in [0.25, 0.3) is 5.91 Å². The Morgan fingerprint density at radius 2 is 1.97 bits per heavy atom. The van der Waals surface area contributed by atoms with E-state index in [0.717, 1.165) is 17.7 Å². The van der Waals surface area contributed by atoms with Gasteiger partial charge < -0.3 is 15.4 Å². The average Bonchev–Trinajstić information content (AvgIpc) is 3.26. The second-order valence-electron chi connectivity index (χ2n) is 8.81. The normalized spacial score (nSPS) is 18.9. The summed E-state index contributed by atoms with van der Waals surface area (Å²) < 4.78 is 74.2. The third kappa shape index (κ3) is 6.81. The van der Waals surface area contributed by atoms with E-state index in [1.807, 2.05) is 0 Å². The van der Waals surface area contributed by atoms with Crippen LogP contribution in [0.4, 0.5) is 32.6 Å². The molecular weight excluding hydrogens is 533 g/mol. The van der Waals surface area contributed by atoms with Crippen LogP contribution >= 0.6 is 11.5 Å². The Balaban J connectivity index is 1.32. The molecule has 2 aliphatic rings. The summed E-state index contributed by atoms with van der Waals surface area (Å²) in [7, 11) is 0. The van der Waals surface area contributed by atoms with E-state index in [-0.39, 0.29) is 17.5 Å². The number of aromatic nitrogens is 2. The fraction of sp³-hybridized carbons (Fsp3) is 0.522. The molecule has 1 unspecified atom stereocenters. The zero-order valence-electron chi connectivity index (χ0n) is 20.3. The summed E-state index contributed by atoms with van der Waals surface area (Å²) in [4.78, 5) is 26.3. The average molecular weight is 560 g/mol. The highest BCUT2D eigenvalue weighted by molar-refractivity contribution is 7.11. The summed E-state index contributed by atoms with van der Waals surface area (Å²) in [6.45, 7) is 0.709. The first-order valence-corrected chi connectivity index (χ1v) is 12.6. The first-order valence-electron chi connectivity index (χ1n) is 11.9. The minimum atomic E-state index is -4.47. The number of ether oxygens (including phenoxy) is 1. The molecule has 2 aliphatic heterocycles. The molecule has 0 aliphatic carbocycles. The fourth-order valence-corrected chi connectivity index (χ4v) is 4.82. The summed E-state index contributed by atoms with van der Waals surface area (Å²) >= 11 is 0.974. The maximum atomic E-state index is 13.0. The Labute approximate surface area is 219 Å². The van der Waals surface area contributed by atoms with Crippen molar-refractivity contribution in [2.75, 3.05) is 43.6 Å². The molecule has 0 aromatic carbocycles. The lowest BCUT2D eigenvalue weighted by Crippen LogP contribution is -2.46. The Kier molecular flexibility index (Phi) is 8.87. The molecule has 0 spiro atoms. The highest BCUT2D eigenvalue weighted by atomic mass is 32.1. The molecule has 1 fully saturated rings. The van der Waals surface area contributed by atoms with Gasteiger partial charge in [-0.15, -0.1) is 0 Å². The molecule has 0 bridgehead atoms. The lowest BCUT2D eigenvalue weighted by molar-refractivity contribution is -0.144. The van der Waals surface area contributed by atoms with E-state index in [9.17, 15) is 26.7 Å². The van der Waals surface area contributed by atoms with Crippen LogP contribution in [0.3, 0.4) is 0 Å². The van der Waals surface area contributed by atoms with Crippen LogP contribution in [0, 0.1) is 6.92 Å². The van der Waals surface area contributed by atoms with E-state index < -0.39 is 44.1 Å². The smallest absolute Gasteiger partial charge is 0.412 e. The van der Waals surface area contributed by atoms with Gasteiger partial charge in [-0.05, 0) is 37.4 Å². The van der Waals surface area contributed by atoms with Gasteiger partial charge in [0.05, 0.1) is 41.9 Å². The van der Waals surface area contributed by atoms with E-state index in [1.165, 1.54) is 6.20 Å². The second-order valence-corrected chi connectivity index (χ2v) is 9.59. The highest BCUT2D eigenvalue weighted by Crippen LogP contribution is 2.28. The molecule has 15 heteroatoms. The monoisotopic (exact) mass is 559 g/mol. The number of carbonyl (C=O) groups is 1. The van der Waals surface area contributed by atoms with Crippen LogP contribution in [0.2, 0.25) is 0 Å². The number of nitrogens with zero attached hydrogens (tertiary/aromatic N) is 5. The quantitative estimate of drug-likeness (QED) is 0.473. The third-order valence-electron chi connectivity index (χ3n) is 6.15. The predicted molar refractivity (Wildman–Crippen MR) is 134 cm³/mol. The lowest BCUT2D eigenvalue weighted by Gasteiger charge is -2.35. The van der Waals surface area contributed by atoms with Crippen LogP contribution in [0.1, 0.15) is 28.9 Å². The molecule has 206 valence electrons. The number of aryl methyl sites for hydroxylation is 1. The van der Waals surface area contributed by atoms with Gasteiger partial charge in [-0.3, -0.25) is 19.7 Å². The van der Waals surface area contributed by atoms with Gasteiger partial charge in [-0.2, -0.15) is 17.5 Å². The number of amides is 1. The molecule has 1 atom stereocenters. The number of rotatable bonds is 8. The van der Waals surface area contributed by atoms with Gasteiger partial charge in [-0.1, -0.05) is 0 Å². The van der Waals surface area contributed by atoms with Crippen LogP contribution in [-0.2, 0) is 0 Å². The molecule has 0 radical (unpaired) electrons. The SMILES string of the molecule is Cc1nsc(NC2=NCC(C(F)(F)F)N=C2)c1C(=O)Nc1ccc(OC2CCN(C(CF)CF)CC2)nc1. The van der Waals surface area contributed by atoms with Gasteiger partial charge in [0.2, 0.25) is 5.88 Å². The zero-order chi connectivity index (χ0) is 27.3. The molecule has 38 heavy (non-hydrogen) atoms. The van der Waals surface area contributed by atoms with Gasteiger partial charge in [0.1, 0.15) is 30.3 Å². The van der Waals surface area contributed by atoms with Crippen LogP contribution in [0.5, 0.6) is 5.88 Å². The number of aliphatic imine (C=N–C) groups is 2. The number of piperidine rings is 1. The Morgan fingerprint density at radius 3 is 2.55 bits per heavy atom. The van der Waals surface area contributed by atoms with Crippen molar-refractivity contribution in [3.8, 4) is 5.88 Å². The van der Waals surface area contributed by atoms with E-state index in [0.29, 0.717) is 48.2 Å². The highest BCUT2D eigenvalue weighted by Gasteiger charge is 2.40. The first-order chi connectivity index (χ1) is 18.2. The van der Waals surface area contributed by atoms with Crippen molar-refractivity contribution in [1.29, 1.82) is 0 Å².